The van der Waals surface area contributed by atoms with E-state index in [1.54, 1.807) is 17.1 Å². The van der Waals surface area contributed by atoms with Crippen molar-refractivity contribution in [3.63, 3.8) is 0 Å². The molecule has 0 unspecified atom stereocenters. The molecule has 0 fully saturated rings. The Bertz CT molecular complexity index is 2210. The maximum Gasteiger partial charge on any atom is 0.294 e. The van der Waals surface area contributed by atoms with E-state index in [0.29, 0.717) is 29.7 Å². The summed E-state index contributed by atoms with van der Waals surface area (Å²) in [4.78, 5) is 37.2. The van der Waals surface area contributed by atoms with Crippen LogP contribution in [0.5, 0.6) is 23.3 Å². The van der Waals surface area contributed by atoms with Crippen LogP contribution in [0.2, 0.25) is 0 Å². The van der Waals surface area contributed by atoms with Crippen LogP contribution < -0.4 is 23.5 Å². The molecular weight excluding hydrogens is 680 g/mol. The molecule has 1 N–H and O–H groups in total. The summed E-state index contributed by atoms with van der Waals surface area (Å²) in [6.45, 7) is 6.44. The second-order valence-corrected chi connectivity index (χ2v) is 12.2. The number of hydrogen-bond donors (Lipinski definition) is 1. The number of nitrogens with zero attached hydrogens (tertiary/aromatic N) is 8. The Balaban J connectivity index is 1.23. The van der Waals surface area contributed by atoms with E-state index in [1.165, 1.54) is 31.6 Å². The fraction of sp³-hybridized carbons (Fsp3) is 0.263. The molecule has 0 aromatic carbocycles. The zero-order chi connectivity index (χ0) is 37.3. The highest BCUT2D eigenvalue weighted by Crippen LogP contribution is 2.29. The van der Waals surface area contributed by atoms with Gasteiger partial charge in [-0.05, 0) is 44.5 Å². The smallest absolute Gasteiger partial charge is 0.294 e. The van der Waals surface area contributed by atoms with Crippen LogP contribution >= 0.6 is 0 Å². The average molecular weight is 720 g/mol. The highest BCUT2D eigenvalue weighted by Gasteiger charge is 2.24. The molecule has 6 heterocycles. The quantitative estimate of drug-likeness (QED) is 0.103. The number of carbonyl (C=O) groups is 2. The molecule has 0 bridgehead atoms. The molecule has 0 aliphatic heterocycles. The normalized spacial score (nSPS) is 11.1. The third-order valence-corrected chi connectivity index (χ3v) is 8.33. The van der Waals surface area contributed by atoms with Crippen molar-refractivity contribution in [3.8, 4) is 46.0 Å². The second kappa shape index (κ2) is 16.7. The van der Waals surface area contributed by atoms with E-state index in [0.717, 1.165) is 28.1 Å². The van der Waals surface area contributed by atoms with Crippen LogP contribution in [-0.4, -0.2) is 65.9 Å². The minimum atomic E-state index is -0.124. The molecule has 0 spiro atoms. The first-order chi connectivity index (χ1) is 25.8. The average Bonchev–Trinajstić information content (AvgIpc) is 3.81. The summed E-state index contributed by atoms with van der Waals surface area (Å²) in [7, 11) is 1.47. The lowest BCUT2D eigenvalue weighted by Crippen LogP contribution is -2.40. The van der Waals surface area contributed by atoms with Crippen LogP contribution in [0.25, 0.3) is 22.8 Å². The molecule has 0 aliphatic rings. The van der Waals surface area contributed by atoms with Crippen LogP contribution in [0, 0.1) is 6.92 Å². The lowest BCUT2D eigenvalue weighted by atomic mass is 10.1. The summed E-state index contributed by atoms with van der Waals surface area (Å²) in [5.41, 5.74) is 6.14. The summed E-state index contributed by atoms with van der Waals surface area (Å²) in [6, 6.07) is 12.4. The van der Waals surface area contributed by atoms with Gasteiger partial charge in [0.15, 0.2) is 18.8 Å². The topological polar surface area (TPSA) is 169 Å². The minimum Gasteiger partial charge on any atom is -0.486 e. The van der Waals surface area contributed by atoms with Crippen LogP contribution in [-0.2, 0) is 26.5 Å². The van der Waals surface area contributed by atoms with Crippen molar-refractivity contribution in [3.05, 3.63) is 107 Å². The van der Waals surface area contributed by atoms with Gasteiger partial charge in [0.1, 0.15) is 30.4 Å². The SMILES string of the molecule is COc1cc(C=O)c(OCc2ccc[n+](COc3cc(C=O)c(OCc4cccnc4-c4c(C)cnn4C(C)C)cn3)c2-c2ccnn2CCO)cn1. The van der Waals surface area contributed by atoms with Gasteiger partial charge in [0, 0.05) is 42.2 Å². The molecule has 15 nitrogen and oxygen atoms in total. The molecule has 15 heteroatoms. The van der Waals surface area contributed by atoms with E-state index >= 15 is 0 Å². The van der Waals surface area contributed by atoms with Crippen molar-refractivity contribution in [1.29, 1.82) is 0 Å². The number of ether oxygens (including phenoxy) is 4. The number of methoxy groups -OCH3 is 1. The Hall–Kier alpha value is -6.48. The molecule has 0 radical (unpaired) electrons. The Labute approximate surface area is 305 Å². The number of aryl methyl sites for hydroxylation is 1. The van der Waals surface area contributed by atoms with E-state index < -0.39 is 0 Å². The molecule has 0 saturated heterocycles. The molecule has 53 heavy (non-hydrogen) atoms. The standard InChI is InChI=1S/C38H39N8O7/c1-25(2)46-37(26(3)17-43-46)36-27(7-5-10-39-36)22-51-33-19-41-35(16-30(33)21-49)53-24-44-12-6-8-28(38(44)31-9-11-42-45(31)13-14-47)23-52-32-18-40-34(50-4)15-29(32)20-48/h5-12,15-21,25,47H,13-14,22-24H2,1-4H3/q+1. The van der Waals surface area contributed by atoms with Gasteiger partial charge in [-0.1, -0.05) is 6.07 Å². The Morgan fingerprint density at radius 3 is 2.25 bits per heavy atom. The summed E-state index contributed by atoms with van der Waals surface area (Å²) >= 11 is 0. The molecule has 0 aliphatic carbocycles. The van der Waals surface area contributed by atoms with Gasteiger partial charge in [-0.2, -0.15) is 14.8 Å². The Kier molecular flexibility index (Phi) is 11.4. The maximum absolute atomic E-state index is 12.2. The van der Waals surface area contributed by atoms with Crippen LogP contribution in [0.4, 0.5) is 0 Å². The van der Waals surface area contributed by atoms with E-state index in [9.17, 15) is 14.7 Å². The maximum atomic E-state index is 12.2. The highest BCUT2D eigenvalue weighted by atomic mass is 16.5. The number of pyridine rings is 4. The van der Waals surface area contributed by atoms with E-state index in [4.69, 9.17) is 18.9 Å². The zero-order valence-electron chi connectivity index (χ0n) is 29.7. The number of aliphatic hydroxyl groups excluding tert-OH is 1. The molecular formula is C38H39N8O7+. The summed E-state index contributed by atoms with van der Waals surface area (Å²) in [5.74, 6) is 1.06. The van der Waals surface area contributed by atoms with Gasteiger partial charge in [-0.15, -0.1) is 0 Å². The summed E-state index contributed by atoms with van der Waals surface area (Å²) in [5, 5.41) is 18.6. The number of carbonyl (C=O) groups excluding carboxylic acids is 2. The number of aldehydes is 2. The predicted molar refractivity (Wildman–Crippen MR) is 191 cm³/mol. The van der Waals surface area contributed by atoms with Crippen molar-refractivity contribution >= 4 is 12.6 Å². The van der Waals surface area contributed by atoms with Crippen LogP contribution in [0.3, 0.4) is 0 Å². The lowest BCUT2D eigenvalue weighted by molar-refractivity contribution is -0.715. The van der Waals surface area contributed by atoms with E-state index in [1.807, 2.05) is 58.9 Å². The molecule has 6 rings (SSSR count). The van der Waals surface area contributed by atoms with E-state index in [-0.39, 0.29) is 67.8 Å². The first-order valence-electron chi connectivity index (χ1n) is 16.8. The van der Waals surface area contributed by atoms with Gasteiger partial charge < -0.3 is 24.1 Å². The first-order valence-corrected chi connectivity index (χ1v) is 16.8. The zero-order valence-corrected chi connectivity index (χ0v) is 29.7. The molecule has 0 saturated carbocycles. The fourth-order valence-corrected chi connectivity index (χ4v) is 5.79. The van der Waals surface area contributed by atoms with E-state index in [2.05, 4.69) is 39.0 Å². The number of aliphatic hydroxyl groups is 1. The largest absolute Gasteiger partial charge is 0.486 e. The lowest BCUT2D eigenvalue weighted by Gasteiger charge is -2.15. The monoisotopic (exact) mass is 719 g/mol. The molecule has 6 aromatic heterocycles. The Morgan fingerprint density at radius 2 is 1.55 bits per heavy atom. The van der Waals surface area contributed by atoms with Crippen LogP contribution in [0.15, 0.2) is 79.6 Å². The summed E-state index contributed by atoms with van der Waals surface area (Å²) in [6.07, 6.45) is 11.3. The van der Waals surface area contributed by atoms with Gasteiger partial charge in [0.25, 0.3) is 6.73 Å². The Morgan fingerprint density at radius 1 is 0.849 bits per heavy atom. The minimum absolute atomic E-state index is 0.00934. The van der Waals surface area contributed by atoms with Crippen molar-refractivity contribution in [2.24, 2.45) is 0 Å². The van der Waals surface area contributed by atoms with Gasteiger partial charge in [-0.3, -0.25) is 23.9 Å². The third-order valence-electron chi connectivity index (χ3n) is 8.33. The van der Waals surface area contributed by atoms with Crippen molar-refractivity contribution in [1.82, 2.24) is 34.5 Å². The van der Waals surface area contributed by atoms with Crippen molar-refractivity contribution in [2.45, 2.75) is 53.3 Å². The highest BCUT2D eigenvalue weighted by molar-refractivity contribution is 5.80. The number of aromatic nitrogens is 8. The van der Waals surface area contributed by atoms with Gasteiger partial charge in [0.2, 0.25) is 17.5 Å². The van der Waals surface area contributed by atoms with Crippen LogP contribution in [0.1, 0.15) is 57.3 Å². The number of rotatable bonds is 17. The van der Waals surface area contributed by atoms with Crippen molar-refractivity contribution in [2.75, 3.05) is 13.7 Å². The summed E-state index contributed by atoms with van der Waals surface area (Å²) < 4.78 is 28.9. The fourth-order valence-electron chi connectivity index (χ4n) is 5.79. The second-order valence-electron chi connectivity index (χ2n) is 12.2. The predicted octanol–water partition coefficient (Wildman–Crippen LogP) is 4.60. The number of hydrogen-bond acceptors (Lipinski definition) is 12. The molecule has 6 aromatic rings. The van der Waals surface area contributed by atoms with Gasteiger partial charge in [-0.25, -0.2) is 9.97 Å². The molecule has 0 atom stereocenters. The molecule has 0 amide bonds. The van der Waals surface area contributed by atoms with Gasteiger partial charge >= 0.3 is 0 Å². The first kappa shape index (κ1) is 36.3. The third kappa shape index (κ3) is 8.05. The van der Waals surface area contributed by atoms with Gasteiger partial charge in [0.05, 0.1) is 66.9 Å². The molecule has 272 valence electrons. The van der Waals surface area contributed by atoms with Crippen molar-refractivity contribution < 1.29 is 38.2 Å².